The topological polar surface area (TPSA) is 92.5 Å². The minimum absolute atomic E-state index is 0.00220. The van der Waals surface area contributed by atoms with Crippen molar-refractivity contribution in [3.63, 3.8) is 0 Å². The molecule has 0 aliphatic rings. The van der Waals surface area contributed by atoms with E-state index in [2.05, 4.69) is 5.32 Å². The van der Waals surface area contributed by atoms with Crippen LogP contribution in [0.1, 0.15) is 33.3 Å². The van der Waals surface area contributed by atoms with Gasteiger partial charge in [0.2, 0.25) is 0 Å². The van der Waals surface area contributed by atoms with Gasteiger partial charge in [0, 0.05) is 23.7 Å². The standard InChI is InChI=1S/C14H19FN2O4/c1-13(2,12(18)19)14(3,4)16-8-9-7-10(15)5-6-11(9)17(20)21/h5-7,16H,8H2,1-4H3,(H,18,19). The Morgan fingerprint density at radius 3 is 2.43 bits per heavy atom. The molecule has 116 valence electrons. The predicted molar refractivity (Wildman–Crippen MR) is 75.4 cm³/mol. The van der Waals surface area contributed by atoms with Crippen molar-refractivity contribution in [3.05, 3.63) is 39.7 Å². The van der Waals surface area contributed by atoms with Crippen LogP contribution in [0.25, 0.3) is 0 Å². The number of halogens is 1. The van der Waals surface area contributed by atoms with Crippen LogP contribution in [-0.2, 0) is 11.3 Å². The molecule has 0 radical (unpaired) electrons. The Morgan fingerprint density at radius 1 is 1.38 bits per heavy atom. The highest BCUT2D eigenvalue weighted by Crippen LogP contribution is 2.31. The molecule has 0 heterocycles. The minimum Gasteiger partial charge on any atom is -0.481 e. The van der Waals surface area contributed by atoms with Gasteiger partial charge in [-0.2, -0.15) is 0 Å². The molecule has 0 amide bonds. The van der Waals surface area contributed by atoms with E-state index in [0.717, 1.165) is 18.2 Å². The Bertz CT molecular complexity index is 570. The second-order valence-electron chi connectivity index (χ2n) is 5.94. The maximum absolute atomic E-state index is 13.2. The van der Waals surface area contributed by atoms with Crippen LogP contribution < -0.4 is 5.32 Å². The van der Waals surface area contributed by atoms with E-state index < -0.39 is 27.7 Å². The highest BCUT2D eigenvalue weighted by atomic mass is 19.1. The summed E-state index contributed by atoms with van der Waals surface area (Å²) in [6.45, 7) is 6.49. The van der Waals surface area contributed by atoms with Gasteiger partial charge < -0.3 is 10.4 Å². The van der Waals surface area contributed by atoms with E-state index in [1.54, 1.807) is 27.7 Å². The molecular weight excluding hydrogens is 279 g/mol. The SMILES string of the molecule is CC(C)(NCc1cc(F)ccc1[N+](=O)[O-])C(C)(C)C(=O)O. The summed E-state index contributed by atoms with van der Waals surface area (Å²) in [7, 11) is 0. The van der Waals surface area contributed by atoms with Gasteiger partial charge in [0.15, 0.2) is 0 Å². The van der Waals surface area contributed by atoms with Crippen LogP contribution in [0.2, 0.25) is 0 Å². The van der Waals surface area contributed by atoms with Gasteiger partial charge >= 0.3 is 5.97 Å². The molecule has 1 aromatic carbocycles. The lowest BCUT2D eigenvalue weighted by Gasteiger charge is -2.39. The van der Waals surface area contributed by atoms with Crippen molar-refractivity contribution in [1.29, 1.82) is 0 Å². The maximum Gasteiger partial charge on any atom is 0.310 e. The number of nitrogens with one attached hydrogen (secondary N) is 1. The van der Waals surface area contributed by atoms with E-state index in [-0.39, 0.29) is 17.8 Å². The third-order valence-corrected chi connectivity index (χ3v) is 4.06. The summed E-state index contributed by atoms with van der Waals surface area (Å²) in [4.78, 5) is 21.6. The summed E-state index contributed by atoms with van der Waals surface area (Å²) in [5.74, 6) is -1.57. The monoisotopic (exact) mass is 298 g/mol. The fourth-order valence-corrected chi connectivity index (χ4v) is 1.68. The average molecular weight is 298 g/mol. The molecule has 0 bridgehead atoms. The van der Waals surface area contributed by atoms with Crippen molar-refractivity contribution in [2.45, 2.75) is 39.8 Å². The molecule has 6 nitrogen and oxygen atoms in total. The molecule has 0 unspecified atom stereocenters. The van der Waals surface area contributed by atoms with Crippen LogP contribution in [0.3, 0.4) is 0 Å². The molecule has 0 spiro atoms. The molecule has 0 aromatic heterocycles. The third kappa shape index (κ3) is 3.55. The zero-order valence-corrected chi connectivity index (χ0v) is 12.4. The molecule has 0 aliphatic heterocycles. The number of carbonyl (C=O) groups is 1. The molecule has 1 aromatic rings. The fraction of sp³-hybridized carbons (Fsp3) is 0.500. The lowest BCUT2D eigenvalue weighted by Crippen LogP contribution is -2.54. The molecule has 0 aliphatic carbocycles. The van der Waals surface area contributed by atoms with E-state index in [4.69, 9.17) is 0 Å². The molecule has 7 heteroatoms. The molecule has 21 heavy (non-hydrogen) atoms. The number of nitrogens with zero attached hydrogens (tertiary/aromatic N) is 1. The number of nitro groups is 1. The number of carboxylic acid groups (broad SMARTS) is 1. The smallest absolute Gasteiger partial charge is 0.310 e. The normalized spacial score (nSPS) is 12.2. The largest absolute Gasteiger partial charge is 0.481 e. The van der Waals surface area contributed by atoms with Crippen molar-refractivity contribution in [2.24, 2.45) is 5.41 Å². The first-order chi connectivity index (χ1) is 9.49. The van der Waals surface area contributed by atoms with E-state index in [1.807, 2.05) is 0 Å². The molecule has 0 saturated heterocycles. The number of benzene rings is 1. The molecular formula is C14H19FN2O4. The van der Waals surface area contributed by atoms with E-state index >= 15 is 0 Å². The summed E-state index contributed by atoms with van der Waals surface area (Å²) < 4.78 is 13.2. The van der Waals surface area contributed by atoms with Crippen molar-refractivity contribution in [2.75, 3.05) is 0 Å². The van der Waals surface area contributed by atoms with Gasteiger partial charge in [-0.05, 0) is 39.8 Å². The van der Waals surface area contributed by atoms with Crippen molar-refractivity contribution in [3.8, 4) is 0 Å². The van der Waals surface area contributed by atoms with Gasteiger partial charge in [-0.1, -0.05) is 0 Å². The van der Waals surface area contributed by atoms with Crippen molar-refractivity contribution in [1.82, 2.24) is 5.32 Å². The Hall–Kier alpha value is -2.02. The first-order valence-electron chi connectivity index (χ1n) is 6.40. The van der Waals surface area contributed by atoms with Crippen LogP contribution in [0, 0.1) is 21.3 Å². The molecule has 0 fully saturated rings. The van der Waals surface area contributed by atoms with Gasteiger partial charge in [-0.25, -0.2) is 4.39 Å². The first-order valence-corrected chi connectivity index (χ1v) is 6.40. The summed E-state index contributed by atoms with van der Waals surface area (Å²) in [6, 6.07) is 3.20. The van der Waals surface area contributed by atoms with Gasteiger partial charge in [-0.3, -0.25) is 14.9 Å². The molecule has 0 saturated carbocycles. The van der Waals surface area contributed by atoms with Crippen LogP contribution in [0.15, 0.2) is 18.2 Å². The van der Waals surface area contributed by atoms with E-state index in [1.165, 1.54) is 0 Å². The number of carboxylic acids is 1. The zero-order valence-electron chi connectivity index (χ0n) is 12.4. The molecule has 0 atom stereocenters. The van der Waals surface area contributed by atoms with E-state index in [9.17, 15) is 24.4 Å². The average Bonchev–Trinajstić information content (AvgIpc) is 2.35. The van der Waals surface area contributed by atoms with Gasteiger partial charge in [-0.15, -0.1) is 0 Å². The Balaban J connectivity index is 3.01. The molecule has 1 rings (SSSR count). The first kappa shape index (κ1) is 17.0. The van der Waals surface area contributed by atoms with Crippen LogP contribution in [0.4, 0.5) is 10.1 Å². The second-order valence-corrected chi connectivity index (χ2v) is 5.94. The number of rotatable bonds is 6. The van der Waals surface area contributed by atoms with Crippen molar-refractivity contribution >= 4 is 11.7 Å². The number of nitro benzene ring substituents is 1. The third-order valence-electron chi connectivity index (χ3n) is 4.06. The highest BCUT2D eigenvalue weighted by molar-refractivity contribution is 5.75. The highest BCUT2D eigenvalue weighted by Gasteiger charge is 2.43. The Morgan fingerprint density at radius 2 is 1.95 bits per heavy atom. The molecule has 2 N–H and O–H groups in total. The Labute approximate surface area is 122 Å². The zero-order chi connectivity index (χ0) is 16.4. The van der Waals surface area contributed by atoms with Gasteiger partial charge in [0.25, 0.3) is 5.69 Å². The van der Waals surface area contributed by atoms with Crippen LogP contribution >= 0.6 is 0 Å². The Kier molecular flexibility index (Phi) is 4.68. The second kappa shape index (κ2) is 5.77. The fourth-order valence-electron chi connectivity index (χ4n) is 1.68. The summed E-state index contributed by atoms with van der Waals surface area (Å²) in [6.07, 6.45) is 0. The van der Waals surface area contributed by atoms with E-state index in [0.29, 0.717) is 0 Å². The van der Waals surface area contributed by atoms with Crippen LogP contribution in [0.5, 0.6) is 0 Å². The quantitative estimate of drug-likeness (QED) is 0.622. The predicted octanol–water partition coefficient (Wildman–Crippen LogP) is 2.71. The van der Waals surface area contributed by atoms with Crippen molar-refractivity contribution < 1.29 is 19.2 Å². The lowest BCUT2D eigenvalue weighted by atomic mass is 9.74. The number of hydrogen-bond acceptors (Lipinski definition) is 4. The summed E-state index contributed by atoms with van der Waals surface area (Å²) in [5.41, 5.74) is -1.98. The lowest BCUT2D eigenvalue weighted by molar-refractivity contribution is -0.385. The van der Waals surface area contributed by atoms with Crippen LogP contribution in [-0.4, -0.2) is 21.5 Å². The maximum atomic E-state index is 13.2. The number of aliphatic carboxylic acids is 1. The number of hydrogen-bond donors (Lipinski definition) is 2. The van der Waals surface area contributed by atoms with Gasteiger partial charge in [0.05, 0.1) is 10.3 Å². The van der Waals surface area contributed by atoms with Gasteiger partial charge in [0.1, 0.15) is 5.82 Å². The summed E-state index contributed by atoms with van der Waals surface area (Å²) >= 11 is 0. The minimum atomic E-state index is -1.10. The summed E-state index contributed by atoms with van der Waals surface area (Å²) in [5, 5.41) is 23.1.